The first kappa shape index (κ1) is 24.0. The number of aliphatic hydroxyl groups is 1. The molecule has 3 N–H and O–H groups in total. The third-order valence-electron chi connectivity index (χ3n) is 6.01. The molecule has 3 aromatic rings. The van der Waals surface area contributed by atoms with Gasteiger partial charge in [-0.05, 0) is 25.1 Å². The Morgan fingerprint density at radius 2 is 2.06 bits per heavy atom. The number of hydrogen-bond donors (Lipinski definition) is 3. The lowest BCUT2D eigenvalue weighted by molar-refractivity contribution is -0.139. The molecule has 1 aromatic heterocycles. The van der Waals surface area contributed by atoms with Crippen LogP contribution in [-0.4, -0.2) is 50.3 Å². The van der Waals surface area contributed by atoms with E-state index in [4.69, 9.17) is 11.6 Å². The van der Waals surface area contributed by atoms with Crippen molar-refractivity contribution in [2.45, 2.75) is 44.8 Å². The molecule has 0 radical (unpaired) electrons. The van der Waals surface area contributed by atoms with Crippen molar-refractivity contribution in [3.63, 3.8) is 0 Å². The topological polar surface area (TPSA) is 94.8 Å². The van der Waals surface area contributed by atoms with E-state index in [1.807, 2.05) is 0 Å². The number of benzene rings is 2. The number of hydrogen-bond acceptors (Lipinski definition) is 4. The second-order valence-corrected chi connectivity index (χ2v) is 8.82. The lowest BCUT2D eigenvalue weighted by Gasteiger charge is -2.24. The standard InChI is InChI=1S/C24H24ClF2N3O4/c1-13(31)18-11-29(20-8-16(32)5-6-17(18)20)12-22(33)30-10-15(26)7-21(30)24(34)28-9-14-3-2-4-19(25)23(14)27/h2-6,8,11,13,15,21,31-32H,7,9-10,12H2,1H3,(H,28,34)/t13?,15-,21+/m1/s1. The Kier molecular flexibility index (Phi) is 6.77. The molecule has 1 saturated heterocycles. The Morgan fingerprint density at radius 3 is 2.79 bits per heavy atom. The zero-order valence-electron chi connectivity index (χ0n) is 18.3. The Morgan fingerprint density at radius 1 is 1.29 bits per heavy atom. The van der Waals surface area contributed by atoms with Gasteiger partial charge in [0, 0.05) is 41.7 Å². The zero-order valence-corrected chi connectivity index (χ0v) is 19.1. The first-order valence-electron chi connectivity index (χ1n) is 10.8. The number of aliphatic hydroxyl groups excluding tert-OH is 1. The van der Waals surface area contributed by atoms with Crippen molar-refractivity contribution in [1.82, 2.24) is 14.8 Å². The Labute approximate surface area is 199 Å². The maximum absolute atomic E-state index is 14.3. The SMILES string of the molecule is CC(O)c1cn(CC(=O)N2C[C@H](F)C[C@H]2C(=O)NCc2cccc(Cl)c2F)c2cc(O)ccc12. The van der Waals surface area contributed by atoms with Gasteiger partial charge >= 0.3 is 0 Å². The number of rotatable bonds is 6. The van der Waals surface area contributed by atoms with E-state index in [-0.39, 0.29) is 42.4 Å². The number of fused-ring (bicyclic) bond motifs is 1. The van der Waals surface area contributed by atoms with Crippen molar-refractivity contribution >= 4 is 34.3 Å². The lowest BCUT2D eigenvalue weighted by atomic mass is 10.1. The summed E-state index contributed by atoms with van der Waals surface area (Å²) in [5.41, 5.74) is 1.28. The minimum absolute atomic E-state index is 0.00746. The summed E-state index contributed by atoms with van der Waals surface area (Å²) < 4.78 is 29.9. The van der Waals surface area contributed by atoms with Crippen LogP contribution < -0.4 is 5.32 Å². The molecule has 1 unspecified atom stereocenters. The average molecular weight is 492 g/mol. The van der Waals surface area contributed by atoms with Crippen LogP contribution in [-0.2, 0) is 22.7 Å². The maximum Gasteiger partial charge on any atom is 0.243 e. The van der Waals surface area contributed by atoms with Crippen molar-refractivity contribution in [2.24, 2.45) is 0 Å². The number of carbonyl (C=O) groups is 2. The van der Waals surface area contributed by atoms with E-state index >= 15 is 0 Å². The van der Waals surface area contributed by atoms with Gasteiger partial charge in [-0.2, -0.15) is 0 Å². The van der Waals surface area contributed by atoms with Gasteiger partial charge in [-0.3, -0.25) is 9.59 Å². The summed E-state index contributed by atoms with van der Waals surface area (Å²) in [5, 5.41) is 23.1. The largest absolute Gasteiger partial charge is 0.508 e. The van der Waals surface area contributed by atoms with E-state index in [2.05, 4.69) is 5.32 Å². The second kappa shape index (κ2) is 9.60. The van der Waals surface area contributed by atoms with Crippen molar-refractivity contribution in [3.05, 3.63) is 64.6 Å². The number of phenols is 1. The summed E-state index contributed by atoms with van der Waals surface area (Å²) in [6, 6.07) is 7.97. The molecule has 0 saturated carbocycles. The highest BCUT2D eigenvalue weighted by molar-refractivity contribution is 6.30. The van der Waals surface area contributed by atoms with Gasteiger partial charge in [-0.1, -0.05) is 23.7 Å². The van der Waals surface area contributed by atoms with E-state index in [1.54, 1.807) is 29.8 Å². The fourth-order valence-electron chi connectivity index (χ4n) is 4.30. The number of nitrogens with zero attached hydrogens (tertiary/aromatic N) is 2. The summed E-state index contributed by atoms with van der Waals surface area (Å²) in [5.74, 6) is -1.74. The van der Waals surface area contributed by atoms with E-state index in [1.165, 1.54) is 29.2 Å². The van der Waals surface area contributed by atoms with Crippen molar-refractivity contribution in [1.29, 1.82) is 0 Å². The number of nitrogens with one attached hydrogen (secondary N) is 1. The minimum Gasteiger partial charge on any atom is -0.508 e. The van der Waals surface area contributed by atoms with Gasteiger partial charge < -0.3 is 25.0 Å². The predicted octanol–water partition coefficient (Wildman–Crippen LogP) is 3.45. The number of phenolic OH excluding ortho intramolecular Hbond substituents is 1. The summed E-state index contributed by atoms with van der Waals surface area (Å²) in [6.07, 6.45) is -0.745. The highest BCUT2D eigenvalue weighted by Crippen LogP contribution is 2.30. The lowest BCUT2D eigenvalue weighted by Crippen LogP contribution is -2.46. The van der Waals surface area contributed by atoms with Gasteiger partial charge in [0.1, 0.15) is 30.3 Å². The number of halogens is 3. The molecule has 0 aliphatic carbocycles. The molecular formula is C24H24ClF2N3O4. The van der Waals surface area contributed by atoms with Crippen LogP contribution in [0.1, 0.15) is 30.6 Å². The van der Waals surface area contributed by atoms with E-state index in [9.17, 15) is 28.6 Å². The quantitative estimate of drug-likeness (QED) is 0.492. The highest BCUT2D eigenvalue weighted by Gasteiger charge is 2.39. The summed E-state index contributed by atoms with van der Waals surface area (Å²) in [7, 11) is 0. The van der Waals surface area contributed by atoms with Crippen molar-refractivity contribution in [2.75, 3.05) is 6.54 Å². The number of likely N-dealkylation sites (tertiary alicyclic amines) is 1. The van der Waals surface area contributed by atoms with E-state index in [0.717, 1.165) is 0 Å². The fourth-order valence-corrected chi connectivity index (χ4v) is 4.50. The summed E-state index contributed by atoms with van der Waals surface area (Å²) in [6.45, 7) is 0.979. The van der Waals surface area contributed by atoms with Crippen LogP contribution in [0.5, 0.6) is 5.75 Å². The molecule has 34 heavy (non-hydrogen) atoms. The van der Waals surface area contributed by atoms with Gasteiger partial charge in [-0.15, -0.1) is 0 Å². The third kappa shape index (κ3) is 4.71. The number of amides is 2. The molecule has 1 aliphatic heterocycles. The second-order valence-electron chi connectivity index (χ2n) is 8.42. The van der Waals surface area contributed by atoms with Crippen LogP contribution in [0.4, 0.5) is 8.78 Å². The number of alkyl halides is 1. The number of aromatic hydroxyl groups is 1. The van der Waals surface area contributed by atoms with Gasteiger partial charge in [0.15, 0.2) is 0 Å². The molecule has 4 rings (SSSR count). The molecule has 1 fully saturated rings. The van der Waals surface area contributed by atoms with Gasteiger partial charge in [0.05, 0.1) is 23.2 Å². The van der Waals surface area contributed by atoms with E-state index < -0.39 is 35.9 Å². The normalized spacial score (nSPS) is 18.9. The zero-order chi connectivity index (χ0) is 24.6. The van der Waals surface area contributed by atoms with Crippen molar-refractivity contribution < 1.29 is 28.6 Å². The molecule has 1 aliphatic rings. The molecule has 7 nitrogen and oxygen atoms in total. The average Bonchev–Trinajstić information content (AvgIpc) is 3.35. The molecule has 0 bridgehead atoms. The highest BCUT2D eigenvalue weighted by atomic mass is 35.5. The summed E-state index contributed by atoms with van der Waals surface area (Å²) >= 11 is 5.77. The number of carbonyl (C=O) groups excluding carboxylic acids is 2. The van der Waals surface area contributed by atoms with Gasteiger partial charge in [-0.25, -0.2) is 8.78 Å². The Balaban J connectivity index is 1.51. The molecule has 2 amide bonds. The van der Waals surface area contributed by atoms with Crippen LogP contribution in [0, 0.1) is 5.82 Å². The van der Waals surface area contributed by atoms with Crippen LogP contribution in [0.2, 0.25) is 5.02 Å². The third-order valence-corrected chi connectivity index (χ3v) is 6.30. The molecular weight excluding hydrogens is 468 g/mol. The van der Waals surface area contributed by atoms with Crippen LogP contribution in [0.15, 0.2) is 42.6 Å². The first-order chi connectivity index (χ1) is 16.2. The molecule has 0 spiro atoms. The molecule has 180 valence electrons. The van der Waals surface area contributed by atoms with Crippen molar-refractivity contribution in [3.8, 4) is 5.75 Å². The number of aromatic nitrogens is 1. The van der Waals surface area contributed by atoms with Crippen LogP contribution in [0.25, 0.3) is 10.9 Å². The monoisotopic (exact) mass is 491 g/mol. The first-order valence-corrected chi connectivity index (χ1v) is 11.2. The Bertz CT molecular complexity index is 1250. The summed E-state index contributed by atoms with van der Waals surface area (Å²) in [4.78, 5) is 27.1. The molecule has 2 heterocycles. The molecule has 2 aromatic carbocycles. The fraction of sp³-hybridized carbons (Fsp3) is 0.333. The Hall–Kier alpha value is -3.17. The van der Waals surface area contributed by atoms with Gasteiger partial charge in [0.25, 0.3) is 0 Å². The predicted molar refractivity (Wildman–Crippen MR) is 123 cm³/mol. The smallest absolute Gasteiger partial charge is 0.243 e. The maximum atomic E-state index is 14.3. The van der Waals surface area contributed by atoms with Crippen LogP contribution >= 0.6 is 11.6 Å². The molecule has 10 heteroatoms. The van der Waals surface area contributed by atoms with Crippen LogP contribution in [0.3, 0.4) is 0 Å². The van der Waals surface area contributed by atoms with Gasteiger partial charge in [0.2, 0.25) is 11.8 Å². The minimum atomic E-state index is -1.37. The van der Waals surface area contributed by atoms with E-state index in [0.29, 0.717) is 16.5 Å². The molecule has 3 atom stereocenters.